The van der Waals surface area contributed by atoms with Crippen molar-refractivity contribution in [2.75, 3.05) is 26.3 Å². The molecule has 0 spiro atoms. The van der Waals surface area contributed by atoms with Crippen molar-refractivity contribution in [1.29, 1.82) is 0 Å². The monoisotopic (exact) mass is 294 g/mol. The number of aliphatic hydroxyl groups excluding tert-OH is 1. The van der Waals surface area contributed by atoms with Gasteiger partial charge in [0, 0.05) is 31.2 Å². The van der Waals surface area contributed by atoms with Gasteiger partial charge in [0.15, 0.2) is 0 Å². The summed E-state index contributed by atoms with van der Waals surface area (Å²) in [5.41, 5.74) is 6.75. The second-order valence-corrected chi connectivity index (χ2v) is 5.24. The summed E-state index contributed by atoms with van der Waals surface area (Å²) in [5.74, 6) is 0.885. The largest absolute Gasteiger partial charge is 0.493 e. The van der Waals surface area contributed by atoms with E-state index < -0.39 is 0 Å². The lowest BCUT2D eigenvalue weighted by Gasteiger charge is -2.29. The fourth-order valence-electron chi connectivity index (χ4n) is 2.67. The Kier molecular flexibility index (Phi) is 9.06. The highest BCUT2D eigenvalue weighted by Crippen LogP contribution is 2.17. The van der Waals surface area contributed by atoms with Gasteiger partial charge in [-0.2, -0.15) is 0 Å². The van der Waals surface area contributed by atoms with Gasteiger partial charge in [-0.15, -0.1) is 0 Å². The third-order valence-corrected chi connectivity index (χ3v) is 3.89. The minimum Gasteiger partial charge on any atom is -0.493 e. The molecule has 0 aliphatic heterocycles. The topological polar surface area (TPSA) is 58.7 Å². The third kappa shape index (κ3) is 6.04. The fourth-order valence-corrected chi connectivity index (χ4v) is 2.67. The fraction of sp³-hybridized carbons (Fsp3) is 0.647. The van der Waals surface area contributed by atoms with Gasteiger partial charge in [-0.05, 0) is 25.3 Å². The highest BCUT2D eigenvalue weighted by atomic mass is 16.5. The van der Waals surface area contributed by atoms with E-state index in [4.69, 9.17) is 10.5 Å². The summed E-state index contributed by atoms with van der Waals surface area (Å²) in [5, 5.41) is 9.19. The highest BCUT2D eigenvalue weighted by Gasteiger charge is 2.13. The predicted molar refractivity (Wildman–Crippen MR) is 87.5 cm³/mol. The van der Waals surface area contributed by atoms with E-state index in [-0.39, 0.29) is 6.61 Å². The Balaban J connectivity index is 2.40. The minimum absolute atomic E-state index is 0.216. The Morgan fingerprint density at radius 2 is 1.90 bits per heavy atom. The molecule has 0 amide bonds. The van der Waals surface area contributed by atoms with Crippen molar-refractivity contribution in [3.8, 4) is 5.75 Å². The van der Waals surface area contributed by atoms with Gasteiger partial charge in [-0.1, -0.05) is 32.0 Å². The summed E-state index contributed by atoms with van der Waals surface area (Å²) in [6, 6.07) is 8.46. The Morgan fingerprint density at radius 1 is 1.19 bits per heavy atom. The van der Waals surface area contributed by atoms with Crippen LogP contribution in [0, 0.1) is 0 Å². The third-order valence-electron chi connectivity index (χ3n) is 3.89. The zero-order valence-electron chi connectivity index (χ0n) is 13.4. The van der Waals surface area contributed by atoms with Crippen LogP contribution in [0.15, 0.2) is 24.3 Å². The van der Waals surface area contributed by atoms with Crippen LogP contribution >= 0.6 is 0 Å². The number of aliphatic hydroxyl groups is 1. The molecule has 3 N–H and O–H groups in total. The molecule has 4 nitrogen and oxygen atoms in total. The molecule has 0 aliphatic carbocycles. The normalized spacial score (nSPS) is 11.3. The van der Waals surface area contributed by atoms with Crippen molar-refractivity contribution in [1.82, 2.24) is 4.90 Å². The van der Waals surface area contributed by atoms with Crippen LogP contribution in [0.3, 0.4) is 0 Å². The number of hydrogen-bond donors (Lipinski definition) is 2. The lowest BCUT2D eigenvalue weighted by atomic mass is 10.1. The summed E-state index contributed by atoms with van der Waals surface area (Å²) in [4.78, 5) is 2.36. The number of hydrogen-bond acceptors (Lipinski definition) is 4. The molecule has 1 aromatic rings. The molecule has 0 fully saturated rings. The SMILES string of the molecule is CCC(CC)N(CCO)CCCOc1ccccc1CN. The molecule has 0 aliphatic rings. The lowest BCUT2D eigenvalue weighted by molar-refractivity contribution is 0.134. The number of benzene rings is 1. The second kappa shape index (κ2) is 10.6. The van der Waals surface area contributed by atoms with Crippen LogP contribution < -0.4 is 10.5 Å². The van der Waals surface area contributed by atoms with Crippen molar-refractivity contribution in [3.63, 3.8) is 0 Å². The Hall–Kier alpha value is -1.10. The first-order valence-electron chi connectivity index (χ1n) is 8.02. The second-order valence-electron chi connectivity index (χ2n) is 5.24. The van der Waals surface area contributed by atoms with Crippen molar-refractivity contribution in [3.05, 3.63) is 29.8 Å². The number of para-hydroxylation sites is 1. The van der Waals surface area contributed by atoms with Crippen LogP contribution in [0.4, 0.5) is 0 Å². The van der Waals surface area contributed by atoms with Crippen LogP contribution in [0.2, 0.25) is 0 Å². The van der Waals surface area contributed by atoms with Gasteiger partial charge in [-0.3, -0.25) is 4.90 Å². The van der Waals surface area contributed by atoms with Crippen molar-refractivity contribution < 1.29 is 9.84 Å². The maximum atomic E-state index is 9.19. The molecule has 1 aromatic carbocycles. The summed E-state index contributed by atoms with van der Waals surface area (Å²) in [6.07, 6.45) is 3.19. The first-order chi connectivity index (χ1) is 10.3. The molecule has 21 heavy (non-hydrogen) atoms. The van der Waals surface area contributed by atoms with Crippen molar-refractivity contribution in [2.45, 2.75) is 45.7 Å². The van der Waals surface area contributed by atoms with Gasteiger partial charge in [-0.25, -0.2) is 0 Å². The molecule has 0 heterocycles. The maximum Gasteiger partial charge on any atom is 0.123 e. The average molecular weight is 294 g/mol. The standard InChI is InChI=1S/C17H30N2O2/c1-3-16(4-2)19(11-12-20)10-7-13-21-17-9-6-5-8-15(17)14-18/h5-6,8-9,16,20H,3-4,7,10-14,18H2,1-2H3. The maximum absolute atomic E-state index is 9.19. The first-order valence-corrected chi connectivity index (χ1v) is 8.02. The molecule has 1 rings (SSSR count). The van der Waals surface area contributed by atoms with Crippen molar-refractivity contribution >= 4 is 0 Å². The Bertz CT molecular complexity index is 381. The molecule has 0 saturated heterocycles. The van der Waals surface area contributed by atoms with Crippen molar-refractivity contribution in [2.24, 2.45) is 5.73 Å². The van der Waals surface area contributed by atoms with E-state index in [1.807, 2.05) is 24.3 Å². The molecule has 0 aromatic heterocycles. The number of nitrogens with zero attached hydrogens (tertiary/aromatic N) is 1. The molecule has 4 heteroatoms. The van der Waals surface area contributed by atoms with E-state index >= 15 is 0 Å². The average Bonchev–Trinajstić information content (AvgIpc) is 2.52. The molecule has 0 atom stereocenters. The van der Waals surface area contributed by atoms with Gasteiger partial charge < -0.3 is 15.6 Å². The molecule has 0 unspecified atom stereocenters. The van der Waals surface area contributed by atoms with Gasteiger partial charge >= 0.3 is 0 Å². The molecule has 0 bridgehead atoms. The molecule has 0 radical (unpaired) electrons. The van der Waals surface area contributed by atoms with E-state index in [0.29, 0.717) is 19.2 Å². The van der Waals surface area contributed by atoms with E-state index in [1.54, 1.807) is 0 Å². The van der Waals surface area contributed by atoms with Gasteiger partial charge in [0.2, 0.25) is 0 Å². The van der Waals surface area contributed by atoms with Crippen LogP contribution in [-0.4, -0.2) is 42.4 Å². The predicted octanol–water partition coefficient (Wildman–Crippen LogP) is 2.40. The molecular formula is C17H30N2O2. The lowest BCUT2D eigenvalue weighted by Crippen LogP contribution is -2.38. The van der Waals surface area contributed by atoms with E-state index in [9.17, 15) is 5.11 Å². The van der Waals surface area contributed by atoms with E-state index in [0.717, 1.165) is 43.7 Å². The zero-order chi connectivity index (χ0) is 15.5. The summed E-state index contributed by atoms with van der Waals surface area (Å²) < 4.78 is 5.83. The summed E-state index contributed by atoms with van der Waals surface area (Å²) in [6.45, 7) is 7.50. The number of rotatable bonds is 11. The molecule has 0 saturated carbocycles. The van der Waals surface area contributed by atoms with Crippen LogP contribution in [0.1, 0.15) is 38.7 Å². The Labute approximate surface area is 128 Å². The van der Waals surface area contributed by atoms with Gasteiger partial charge in [0.05, 0.1) is 13.2 Å². The zero-order valence-corrected chi connectivity index (χ0v) is 13.4. The van der Waals surface area contributed by atoms with Gasteiger partial charge in [0.25, 0.3) is 0 Å². The highest BCUT2D eigenvalue weighted by molar-refractivity contribution is 5.32. The van der Waals surface area contributed by atoms with Crippen LogP contribution in [0.5, 0.6) is 5.75 Å². The smallest absolute Gasteiger partial charge is 0.123 e. The van der Waals surface area contributed by atoms with Crippen LogP contribution in [-0.2, 0) is 6.54 Å². The Morgan fingerprint density at radius 3 is 2.52 bits per heavy atom. The minimum atomic E-state index is 0.216. The quantitative estimate of drug-likeness (QED) is 0.615. The van der Waals surface area contributed by atoms with E-state index in [2.05, 4.69) is 18.7 Å². The van der Waals surface area contributed by atoms with E-state index in [1.165, 1.54) is 0 Å². The molecule has 120 valence electrons. The van der Waals surface area contributed by atoms with Crippen LogP contribution in [0.25, 0.3) is 0 Å². The number of nitrogens with two attached hydrogens (primary N) is 1. The first kappa shape index (κ1) is 18.0. The summed E-state index contributed by atoms with van der Waals surface area (Å²) in [7, 11) is 0. The van der Waals surface area contributed by atoms with Gasteiger partial charge in [0.1, 0.15) is 5.75 Å². The molecular weight excluding hydrogens is 264 g/mol. The summed E-state index contributed by atoms with van der Waals surface area (Å²) >= 11 is 0. The number of ether oxygens (including phenoxy) is 1.